The maximum Gasteiger partial charge on any atom is 0.326 e. The van der Waals surface area contributed by atoms with Crippen LogP contribution in [-0.2, 0) is 4.79 Å². The first-order valence-electron chi connectivity index (χ1n) is 10.8. The average Bonchev–Trinajstić information content (AvgIpc) is 3.09. The van der Waals surface area contributed by atoms with Gasteiger partial charge in [-0.05, 0) is 43.2 Å². The van der Waals surface area contributed by atoms with Crippen molar-refractivity contribution in [1.82, 2.24) is 14.5 Å². The van der Waals surface area contributed by atoms with Crippen LogP contribution in [0.5, 0.6) is 11.5 Å². The van der Waals surface area contributed by atoms with E-state index in [4.69, 9.17) is 4.74 Å². The van der Waals surface area contributed by atoms with Crippen molar-refractivity contribution in [3.8, 4) is 11.5 Å². The standard InChI is InChI=1S/C23H27FN4O5/c1-14(29)25-19-4-3-17(30)11-22(19)33-13-18(31)12-27-8-6-16(7-9-27)28-21-5-2-15(24)10-20(21)26-23(28)32/h2-5,10-11,16,18,30-31H,6-9,12-13H2,1H3,(H,25,29)(H,26,32)/t18-/m1/s1. The fourth-order valence-electron chi connectivity index (χ4n) is 4.29. The minimum Gasteiger partial charge on any atom is -0.508 e. The molecule has 1 amide bonds. The van der Waals surface area contributed by atoms with Crippen LogP contribution in [0, 0.1) is 5.82 Å². The van der Waals surface area contributed by atoms with Crippen LogP contribution in [0.25, 0.3) is 11.0 Å². The van der Waals surface area contributed by atoms with Gasteiger partial charge in [-0.2, -0.15) is 0 Å². The van der Waals surface area contributed by atoms with Gasteiger partial charge in [0, 0.05) is 38.7 Å². The molecule has 0 unspecified atom stereocenters. The number of H-pyrrole nitrogens is 1. The molecule has 0 aliphatic carbocycles. The Morgan fingerprint density at radius 1 is 1.27 bits per heavy atom. The maximum absolute atomic E-state index is 13.5. The molecule has 1 fully saturated rings. The van der Waals surface area contributed by atoms with Crippen LogP contribution < -0.4 is 15.7 Å². The topological polar surface area (TPSA) is 120 Å². The maximum atomic E-state index is 13.5. The Morgan fingerprint density at radius 3 is 2.76 bits per heavy atom. The van der Waals surface area contributed by atoms with Gasteiger partial charge in [-0.3, -0.25) is 9.36 Å². The van der Waals surface area contributed by atoms with E-state index < -0.39 is 11.9 Å². The van der Waals surface area contributed by atoms with Gasteiger partial charge >= 0.3 is 5.69 Å². The van der Waals surface area contributed by atoms with E-state index in [1.54, 1.807) is 10.6 Å². The van der Waals surface area contributed by atoms with Gasteiger partial charge in [0.1, 0.15) is 30.0 Å². The number of hydrogen-bond donors (Lipinski definition) is 4. The number of aromatic hydroxyl groups is 1. The lowest BCUT2D eigenvalue weighted by atomic mass is 10.0. The van der Waals surface area contributed by atoms with Crippen LogP contribution in [0.2, 0.25) is 0 Å². The number of halogens is 1. The van der Waals surface area contributed by atoms with Crippen molar-refractivity contribution in [2.45, 2.75) is 31.9 Å². The molecule has 1 aliphatic rings. The third-order valence-electron chi connectivity index (χ3n) is 5.78. The molecule has 33 heavy (non-hydrogen) atoms. The summed E-state index contributed by atoms with van der Waals surface area (Å²) < 4.78 is 20.8. The summed E-state index contributed by atoms with van der Waals surface area (Å²) in [4.78, 5) is 28.6. The van der Waals surface area contributed by atoms with Crippen LogP contribution >= 0.6 is 0 Å². The quantitative estimate of drug-likeness (QED) is 0.403. The zero-order chi connectivity index (χ0) is 23.5. The smallest absolute Gasteiger partial charge is 0.326 e. The van der Waals surface area contributed by atoms with Crippen molar-refractivity contribution in [1.29, 1.82) is 0 Å². The first-order chi connectivity index (χ1) is 15.8. The highest BCUT2D eigenvalue weighted by molar-refractivity contribution is 5.90. The summed E-state index contributed by atoms with van der Waals surface area (Å²) in [6.45, 7) is 3.12. The molecule has 0 saturated carbocycles. The molecule has 2 aromatic carbocycles. The van der Waals surface area contributed by atoms with Gasteiger partial charge in [0.2, 0.25) is 5.91 Å². The molecule has 4 N–H and O–H groups in total. The lowest BCUT2D eigenvalue weighted by Crippen LogP contribution is -2.42. The fraction of sp³-hybridized carbons (Fsp3) is 0.391. The number of hydrogen-bond acceptors (Lipinski definition) is 6. The normalized spacial score (nSPS) is 16.1. The number of fused-ring (bicyclic) bond motifs is 1. The number of benzene rings is 2. The summed E-state index contributed by atoms with van der Waals surface area (Å²) in [5.41, 5.74) is 1.34. The third-order valence-corrected chi connectivity index (χ3v) is 5.78. The van der Waals surface area contributed by atoms with Crippen molar-refractivity contribution >= 4 is 22.6 Å². The predicted octanol–water partition coefficient (Wildman–Crippen LogP) is 2.21. The number of aliphatic hydroxyl groups excluding tert-OH is 1. The van der Waals surface area contributed by atoms with E-state index in [1.807, 2.05) is 0 Å². The summed E-state index contributed by atoms with van der Waals surface area (Å²) in [6, 6.07) is 8.64. The molecule has 4 rings (SSSR count). The number of amides is 1. The highest BCUT2D eigenvalue weighted by Crippen LogP contribution is 2.29. The van der Waals surface area contributed by atoms with E-state index >= 15 is 0 Å². The largest absolute Gasteiger partial charge is 0.508 e. The number of carbonyl (C=O) groups is 1. The summed E-state index contributed by atoms with van der Waals surface area (Å²) >= 11 is 0. The Balaban J connectivity index is 1.32. The van der Waals surface area contributed by atoms with Gasteiger partial charge in [0.15, 0.2) is 0 Å². The molecule has 0 spiro atoms. The summed E-state index contributed by atoms with van der Waals surface area (Å²) in [5.74, 6) is -0.394. The zero-order valence-corrected chi connectivity index (χ0v) is 18.3. The number of nitrogens with zero attached hydrogens (tertiary/aromatic N) is 2. The Morgan fingerprint density at radius 2 is 2.03 bits per heavy atom. The molecule has 1 atom stereocenters. The van der Waals surface area contributed by atoms with Crippen LogP contribution in [0.3, 0.4) is 0 Å². The molecule has 9 nitrogen and oxygen atoms in total. The molecule has 3 aromatic rings. The third kappa shape index (κ3) is 5.35. The molecule has 1 aliphatic heterocycles. The van der Waals surface area contributed by atoms with Gasteiger partial charge in [-0.15, -0.1) is 0 Å². The Hall–Kier alpha value is -3.37. The Labute approximate surface area is 189 Å². The molecular weight excluding hydrogens is 431 g/mol. The number of aromatic nitrogens is 2. The number of phenolic OH excluding ortho intramolecular Hbond substituents is 1. The van der Waals surface area contributed by atoms with Crippen molar-refractivity contribution in [2.24, 2.45) is 0 Å². The van der Waals surface area contributed by atoms with Crippen molar-refractivity contribution in [3.63, 3.8) is 0 Å². The molecule has 2 heterocycles. The number of phenols is 1. The Bertz CT molecular complexity index is 1200. The van der Waals surface area contributed by atoms with Crippen molar-refractivity contribution < 1.29 is 24.1 Å². The zero-order valence-electron chi connectivity index (χ0n) is 18.3. The van der Waals surface area contributed by atoms with E-state index in [0.717, 1.165) is 12.8 Å². The molecule has 10 heteroatoms. The molecular formula is C23H27FN4O5. The first kappa shape index (κ1) is 22.8. The fourth-order valence-corrected chi connectivity index (χ4v) is 4.29. The van der Waals surface area contributed by atoms with Crippen molar-refractivity contribution in [3.05, 3.63) is 52.7 Å². The van der Waals surface area contributed by atoms with Crippen LogP contribution in [-0.4, -0.2) is 62.9 Å². The SMILES string of the molecule is CC(=O)Nc1ccc(O)cc1OC[C@H](O)CN1CCC(n2c(=O)[nH]c3cc(F)ccc32)CC1. The van der Waals surface area contributed by atoms with E-state index in [2.05, 4.69) is 15.2 Å². The van der Waals surface area contributed by atoms with Gasteiger partial charge in [-0.1, -0.05) is 0 Å². The highest BCUT2D eigenvalue weighted by atomic mass is 19.1. The number of β-amino-alcohol motifs (C(OH)–C–C–N with tert-alkyl or cyclic N) is 1. The highest BCUT2D eigenvalue weighted by Gasteiger charge is 2.25. The van der Waals surface area contributed by atoms with Gasteiger partial charge in [-0.25, -0.2) is 9.18 Å². The van der Waals surface area contributed by atoms with Crippen molar-refractivity contribution in [2.75, 3.05) is 31.6 Å². The number of anilines is 1. The summed E-state index contributed by atoms with van der Waals surface area (Å²) in [5, 5.41) is 22.8. The average molecular weight is 458 g/mol. The van der Waals surface area contributed by atoms with E-state index in [0.29, 0.717) is 36.4 Å². The number of nitrogens with one attached hydrogen (secondary N) is 2. The number of likely N-dealkylation sites (tertiary alicyclic amines) is 1. The number of aliphatic hydroxyl groups is 1. The lowest BCUT2D eigenvalue weighted by Gasteiger charge is -2.33. The van der Waals surface area contributed by atoms with Crippen LogP contribution in [0.15, 0.2) is 41.2 Å². The molecule has 0 bridgehead atoms. The number of ether oxygens (including phenoxy) is 1. The van der Waals surface area contributed by atoms with Gasteiger partial charge in [0.05, 0.1) is 16.7 Å². The van der Waals surface area contributed by atoms with Gasteiger partial charge in [0.25, 0.3) is 0 Å². The predicted molar refractivity (Wildman–Crippen MR) is 121 cm³/mol. The second-order valence-corrected chi connectivity index (χ2v) is 8.32. The monoisotopic (exact) mass is 458 g/mol. The summed E-state index contributed by atoms with van der Waals surface area (Å²) in [6.07, 6.45) is 0.654. The molecule has 1 aromatic heterocycles. The molecule has 1 saturated heterocycles. The number of rotatable bonds is 7. The summed E-state index contributed by atoms with van der Waals surface area (Å²) in [7, 11) is 0. The number of carbonyl (C=O) groups excluding carboxylic acids is 1. The number of aromatic amines is 1. The second kappa shape index (κ2) is 9.63. The number of imidazole rings is 1. The Kier molecular flexibility index (Phi) is 6.66. The second-order valence-electron chi connectivity index (χ2n) is 8.32. The van der Waals surface area contributed by atoms with E-state index in [1.165, 1.54) is 37.3 Å². The van der Waals surface area contributed by atoms with Gasteiger partial charge < -0.3 is 30.2 Å². The van der Waals surface area contributed by atoms with Crippen LogP contribution in [0.4, 0.5) is 10.1 Å². The first-order valence-corrected chi connectivity index (χ1v) is 10.8. The number of piperidine rings is 1. The van der Waals surface area contributed by atoms with Crippen LogP contribution in [0.1, 0.15) is 25.8 Å². The minimum atomic E-state index is -0.784. The molecule has 176 valence electrons. The van der Waals surface area contributed by atoms with E-state index in [-0.39, 0.29) is 35.7 Å². The lowest BCUT2D eigenvalue weighted by molar-refractivity contribution is -0.114. The minimum absolute atomic E-state index is 0.00568. The van der Waals surface area contributed by atoms with E-state index in [9.17, 15) is 24.2 Å². The molecule has 0 radical (unpaired) electrons.